The lowest BCUT2D eigenvalue weighted by Crippen LogP contribution is -2.30. The first-order valence-electron chi connectivity index (χ1n) is 8.30. The Morgan fingerprint density at radius 3 is 2.54 bits per heavy atom. The molecule has 2 N–H and O–H groups in total. The van der Waals surface area contributed by atoms with Gasteiger partial charge in [-0.2, -0.15) is 5.10 Å². The van der Waals surface area contributed by atoms with Gasteiger partial charge in [-0.1, -0.05) is 20.8 Å². The molecule has 0 aromatic carbocycles. The summed E-state index contributed by atoms with van der Waals surface area (Å²) in [6, 6.07) is 1.79. The molecule has 0 radical (unpaired) electrons. The van der Waals surface area contributed by atoms with Crippen LogP contribution in [0.3, 0.4) is 0 Å². The molecule has 26 heavy (non-hydrogen) atoms. The number of aryl methyl sites for hydroxylation is 3. The Balaban J connectivity index is 1.96. The highest BCUT2D eigenvalue weighted by atomic mass is 16.2. The molecule has 0 aliphatic carbocycles. The summed E-state index contributed by atoms with van der Waals surface area (Å²) >= 11 is 0. The average Bonchev–Trinajstić information content (AvgIpc) is 2.80. The summed E-state index contributed by atoms with van der Waals surface area (Å²) in [5.74, 6) is 0.0324. The summed E-state index contributed by atoms with van der Waals surface area (Å²) in [7, 11) is 1.81. The fourth-order valence-corrected chi connectivity index (χ4v) is 2.78. The minimum atomic E-state index is -0.514. The number of H-pyrrole nitrogens is 1. The van der Waals surface area contributed by atoms with Gasteiger partial charge < -0.3 is 10.3 Å². The minimum Gasteiger partial charge on any atom is -0.320 e. The van der Waals surface area contributed by atoms with Crippen molar-refractivity contribution >= 4 is 22.6 Å². The van der Waals surface area contributed by atoms with E-state index < -0.39 is 11.5 Å². The van der Waals surface area contributed by atoms with E-state index in [2.05, 4.69) is 25.4 Å². The van der Waals surface area contributed by atoms with Gasteiger partial charge in [0, 0.05) is 17.8 Å². The number of carbonyl (C=O) groups excluding carboxylic acids is 1. The fraction of sp³-hybridized carbons (Fsp3) is 0.389. The first kappa shape index (κ1) is 17.8. The zero-order valence-electron chi connectivity index (χ0n) is 15.8. The molecule has 3 aromatic heterocycles. The zero-order chi connectivity index (χ0) is 19.2. The third-order valence-electron chi connectivity index (χ3n) is 4.16. The van der Waals surface area contributed by atoms with Crippen molar-refractivity contribution in [2.45, 2.75) is 40.0 Å². The lowest BCUT2D eigenvalue weighted by molar-refractivity contribution is 0.102. The minimum absolute atomic E-state index is 0.000931. The van der Waals surface area contributed by atoms with Gasteiger partial charge in [-0.05, 0) is 19.9 Å². The second-order valence-electron chi connectivity index (χ2n) is 7.38. The van der Waals surface area contributed by atoms with E-state index in [-0.39, 0.29) is 11.0 Å². The average molecular weight is 354 g/mol. The number of fused-ring (bicyclic) bond motifs is 1. The van der Waals surface area contributed by atoms with Crippen LogP contribution in [0.5, 0.6) is 0 Å². The van der Waals surface area contributed by atoms with E-state index >= 15 is 0 Å². The molecule has 0 aliphatic heterocycles. The summed E-state index contributed by atoms with van der Waals surface area (Å²) in [6.45, 7) is 9.37. The number of anilines is 1. The van der Waals surface area contributed by atoms with E-state index in [9.17, 15) is 9.59 Å². The summed E-state index contributed by atoms with van der Waals surface area (Å²) in [6.07, 6.45) is 1.54. The Hall–Kier alpha value is -3.03. The molecular formula is C18H22N6O2. The van der Waals surface area contributed by atoms with Crippen molar-refractivity contribution in [2.75, 3.05) is 5.32 Å². The smallest absolute Gasteiger partial charge is 0.264 e. The number of nitrogens with zero attached hydrogens (tertiary/aromatic N) is 4. The SMILES string of the molecule is Cc1nc(C(C)(C)C)[nH]c(=O)c1C(=O)Nc1cnc2c(c1)c(C)nn2C. The van der Waals surface area contributed by atoms with Gasteiger partial charge in [-0.3, -0.25) is 14.3 Å². The number of aromatic nitrogens is 5. The summed E-state index contributed by atoms with van der Waals surface area (Å²) in [5, 5.41) is 7.88. The van der Waals surface area contributed by atoms with Crippen LogP contribution in [-0.2, 0) is 12.5 Å². The molecule has 0 fully saturated rings. The van der Waals surface area contributed by atoms with Crippen LogP contribution in [0.2, 0.25) is 0 Å². The molecule has 0 aliphatic rings. The molecule has 3 aromatic rings. The largest absolute Gasteiger partial charge is 0.320 e. The molecule has 3 heterocycles. The molecule has 0 bridgehead atoms. The van der Waals surface area contributed by atoms with Gasteiger partial charge >= 0.3 is 0 Å². The lowest BCUT2D eigenvalue weighted by Gasteiger charge is -2.18. The molecule has 8 nitrogen and oxygen atoms in total. The zero-order valence-corrected chi connectivity index (χ0v) is 15.8. The number of amides is 1. The van der Waals surface area contributed by atoms with Crippen LogP contribution in [0, 0.1) is 13.8 Å². The summed E-state index contributed by atoms with van der Waals surface area (Å²) < 4.78 is 1.68. The van der Waals surface area contributed by atoms with Crippen LogP contribution < -0.4 is 10.9 Å². The van der Waals surface area contributed by atoms with Crippen molar-refractivity contribution in [1.29, 1.82) is 0 Å². The molecule has 0 atom stereocenters. The van der Waals surface area contributed by atoms with Gasteiger partial charge in [0.15, 0.2) is 5.65 Å². The van der Waals surface area contributed by atoms with E-state index in [1.165, 1.54) is 0 Å². The predicted molar refractivity (Wildman–Crippen MR) is 99.5 cm³/mol. The Morgan fingerprint density at radius 2 is 1.92 bits per heavy atom. The Kier molecular flexibility index (Phi) is 4.14. The van der Waals surface area contributed by atoms with Gasteiger partial charge in [0.05, 0.1) is 23.3 Å². The first-order chi connectivity index (χ1) is 12.1. The van der Waals surface area contributed by atoms with E-state index in [1.54, 1.807) is 23.9 Å². The quantitative estimate of drug-likeness (QED) is 0.734. The van der Waals surface area contributed by atoms with Gasteiger partial charge in [-0.15, -0.1) is 0 Å². The van der Waals surface area contributed by atoms with Gasteiger partial charge in [0.2, 0.25) is 0 Å². The Bertz CT molecular complexity index is 1070. The monoisotopic (exact) mass is 354 g/mol. The van der Waals surface area contributed by atoms with Crippen LogP contribution in [0.25, 0.3) is 11.0 Å². The molecule has 136 valence electrons. The van der Waals surface area contributed by atoms with Crippen molar-refractivity contribution in [3.05, 3.63) is 45.4 Å². The third-order valence-corrected chi connectivity index (χ3v) is 4.16. The number of rotatable bonds is 2. The van der Waals surface area contributed by atoms with Crippen LogP contribution in [-0.4, -0.2) is 30.6 Å². The predicted octanol–water partition coefficient (Wildman–Crippen LogP) is 2.22. The fourth-order valence-electron chi connectivity index (χ4n) is 2.78. The number of aromatic amines is 1. The molecule has 0 unspecified atom stereocenters. The van der Waals surface area contributed by atoms with Gasteiger partial charge in [-0.25, -0.2) is 9.97 Å². The Labute approximate surface area is 150 Å². The third kappa shape index (κ3) is 3.10. The molecule has 0 spiro atoms. The molecule has 0 saturated heterocycles. The summed E-state index contributed by atoms with van der Waals surface area (Å²) in [4.78, 5) is 36.5. The maximum Gasteiger partial charge on any atom is 0.264 e. The molecule has 8 heteroatoms. The van der Waals surface area contributed by atoms with E-state index in [0.717, 1.165) is 16.7 Å². The van der Waals surface area contributed by atoms with Crippen LogP contribution in [0.4, 0.5) is 5.69 Å². The molecular weight excluding hydrogens is 332 g/mol. The second-order valence-corrected chi connectivity index (χ2v) is 7.38. The maximum absolute atomic E-state index is 12.6. The van der Waals surface area contributed by atoms with E-state index in [1.807, 2.05) is 34.7 Å². The standard InChI is InChI=1S/C18H22N6O2/c1-9-12-7-11(8-19-14(12)24(6)23-9)21-15(25)13-10(2)20-17(18(3,4)5)22-16(13)26/h7-8H,1-6H3,(H,21,25)(H,20,22,26). The van der Waals surface area contributed by atoms with Crippen molar-refractivity contribution in [1.82, 2.24) is 24.7 Å². The number of carbonyl (C=O) groups is 1. The molecule has 3 rings (SSSR count). The highest BCUT2D eigenvalue weighted by Crippen LogP contribution is 2.20. The van der Waals surface area contributed by atoms with Crippen molar-refractivity contribution in [3.63, 3.8) is 0 Å². The molecule has 1 amide bonds. The topological polar surface area (TPSA) is 106 Å². The number of pyridine rings is 1. The number of nitrogens with one attached hydrogen (secondary N) is 2. The van der Waals surface area contributed by atoms with Crippen molar-refractivity contribution < 1.29 is 4.79 Å². The van der Waals surface area contributed by atoms with Gasteiger partial charge in [0.1, 0.15) is 11.4 Å². The number of hydrogen-bond acceptors (Lipinski definition) is 5. The lowest BCUT2D eigenvalue weighted by atomic mass is 9.95. The van der Waals surface area contributed by atoms with Crippen LogP contribution in [0.15, 0.2) is 17.1 Å². The van der Waals surface area contributed by atoms with Crippen LogP contribution >= 0.6 is 0 Å². The maximum atomic E-state index is 12.6. The van der Waals surface area contributed by atoms with E-state index in [0.29, 0.717) is 17.2 Å². The summed E-state index contributed by atoms with van der Waals surface area (Å²) in [5.41, 5.74) is 1.67. The van der Waals surface area contributed by atoms with Crippen LogP contribution in [0.1, 0.15) is 48.3 Å². The highest BCUT2D eigenvalue weighted by Gasteiger charge is 2.22. The second kappa shape index (κ2) is 6.05. The van der Waals surface area contributed by atoms with Crippen molar-refractivity contribution in [2.24, 2.45) is 7.05 Å². The highest BCUT2D eigenvalue weighted by molar-refractivity contribution is 6.05. The molecule has 0 saturated carbocycles. The van der Waals surface area contributed by atoms with Gasteiger partial charge in [0.25, 0.3) is 11.5 Å². The van der Waals surface area contributed by atoms with Crippen molar-refractivity contribution in [3.8, 4) is 0 Å². The normalized spacial score (nSPS) is 11.8. The van der Waals surface area contributed by atoms with E-state index in [4.69, 9.17) is 0 Å². The first-order valence-corrected chi connectivity index (χ1v) is 8.30. The number of hydrogen-bond donors (Lipinski definition) is 2. The Morgan fingerprint density at radius 1 is 1.23 bits per heavy atom.